The summed E-state index contributed by atoms with van der Waals surface area (Å²) in [5.41, 5.74) is 2.26. The second-order valence-corrected chi connectivity index (χ2v) is 6.24. The van der Waals surface area contributed by atoms with Gasteiger partial charge in [0.25, 0.3) is 0 Å². The number of nitrogens with zero attached hydrogens (tertiary/aromatic N) is 1. The first-order valence-corrected chi connectivity index (χ1v) is 8.92. The summed E-state index contributed by atoms with van der Waals surface area (Å²) in [6.07, 6.45) is 1.51. The van der Waals surface area contributed by atoms with E-state index in [0.29, 0.717) is 25.1 Å². The zero-order valence-electron chi connectivity index (χ0n) is 14.9. The standard InChI is InChI=1S/C21H23NO4/c1-2-25-19-10-4-3-8-18(19)15-26-21(24)17-9-5-7-16(13-17)14-22-12-6-11-20(22)23/h3-5,7-10,13H,2,6,11-12,14-15H2,1H3. The lowest BCUT2D eigenvalue weighted by Gasteiger charge is -2.16. The molecule has 0 bridgehead atoms. The van der Waals surface area contributed by atoms with Crippen LogP contribution in [-0.2, 0) is 22.7 Å². The fourth-order valence-electron chi connectivity index (χ4n) is 3.03. The highest BCUT2D eigenvalue weighted by atomic mass is 16.5. The number of hydrogen-bond acceptors (Lipinski definition) is 4. The molecule has 1 saturated heterocycles. The molecular weight excluding hydrogens is 330 g/mol. The van der Waals surface area contributed by atoms with Gasteiger partial charge in [-0.15, -0.1) is 0 Å². The Labute approximate surface area is 153 Å². The van der Waals surface area contributed by atoms with Crippen LogP contribution in [0.5, 0.6) is 5.75 Å². The molecule has 0 spiro atoms. The van der Waals surface area contributed by atoms with Gasteiger partial charge in [0.05, 0.1) is 12.2 Å². The lowest BCUT2D eigenvalue weighted by atomic mass is 10.1. The molecule has 3 rings (SSSR count). The number of likely N-dealkylation sites (tertiary alicyclic amines) is 1. The number of amides is 1. The van der Waals surface area contributed by atoms with Crippen LogP contribution in [0.3, 0.4) is 0 Å². The highest BCUT2D eigenvalue weighted by Crippen LogP contribution is 2.20. The Kier molecular flexibility index (Phi) is 5.89. The van der Waals surface area contributed by atoms with E-state index in [9.17, 15) is 9.59 Å². The molecule has 2 aromatic carbocycles. The van der Waals surface area contributed by atoms with Crippen LogP contribution in [0.25, 0.3) is 0 Å². The summed E-state index contributed by atoms with van der Waals surface area (Å²) >= 11 is 0. The van der Waals surface area contributed by atoms with Crippen molar-refractivity contribution < 1.29 is 19.1 Å². The Morgan fingerprint density at radius 3 is 2.77 bits per heavy atom. The number of para-hydroxylation sites is 1. The maximum Gasteiger partial charge on any atom is 0.338 e. The largest absolute Gasteiger partial charge is 0.493 e. The molecule has 5 heteroatoms. The minimum atomic E-state index is -0.383. The van der Waals surface area contributed by atoms with Crippen LogP contribution >= 0.6 is 0 Å². The molecule has 5 nitrogen and oxygen atoms in total. The van der Waals surface area contributed by atoms with Gasteiger partial charge in [0, 0.05) is 25.1 Å². The highest BCUT2D eigenvalue weighted by Gasteiger charge is 2.20. The van der Waals surface area contributed by atoms with Crippen molar-refractivity contribution in [3.63, 3.8) is 0 Å². The number of benzene rings is 2. The maximum absolute atomic E-state index is 12.4. The third kappa shape index (κ3) is 4.42. The minimum absolute atomic E-state index is 0.157. The van der Waals surface area contributed by atoms with E-state index < -0.39 is 0 Å². The smallest absolute Gasteiger partial charge is 0.338 e. The Balaban J connectivity index is 1.63. The topological polar surface area (TPSA) is 55.8 Å². The molecule has 1 amide bonds. The van der Waals surface area contributed by atoms with Gasteiger partial charge in [0.2, 0.25) is 5.91 Å². The van der Waals surface area contributed by atoms with Crippen molar-refractivity contribution in [1.82, 2.24) is 4.90 Å². The normalized spacial score (nSPS) is 13.7. The fourth-order valence-corrected chi connectivity index (χ4v) is 3.03. The summed E-state index contributed by atoms with van der Waals surface area (Å²) < 4.78 is 11.0. The lowest BCUT2D eigenvalue weighted by molar-refractivity contribution is -0.128. The Morgan fingerprint density at radius 1 is 1.15 bits per heavy atom. The van der Waals surface area contributed by atoms with Gasteiger partial charge in [-0.25, -0.2) is 4.79 Å². The number of esters is 1. The van der Waals surface area contributed by atoms with Crippen molar-refractivity contribution in [3.05, 3.63) is 65.2 Å². The van der Waals surface area contributed by atoms with Crippen LogP contribution in [-0.4, -0.2) is 29.9 Å². The van der Waals surface area contributed by atoms with Crippen molar-refractivity contribution in [1.29, 1.82) is 0 Å². The van der Waals surface area contributed by atoms with Crippen LogP contribution < -0.4 is 4.74 Å². The van der Waals surface area contributed by atoms with E-state index in [-0.39, 0.29) is 18.5 Å². The molecule has 0 N–H and O–H groups in total. The molecule has 0 aliphatic carbocycles. The third-order valence-corrected chi connectivity index (χ3v) is 4.34. The first kappa shape index (κ1) is 18.0. The average Bonchev–Trinajstić information content (AvgIpc) is 3.06. The van der Waals surface area contributed by atoms with E-state index in [1.807, 2.05) is 48.2 Å². The molecule has 0 atom stereocenters. The van der Waals surface area contributed by atoms with Crippen LogP contribution in [0.2, 0.25) is 0 Å². The van der Waals surface area contributed by atoms with Gasteiger partial charge >= 0.3 is 5.97 Å². The van der Waals surface area contributed by atoms with Crippen molar-refractivity contribution in [3.8, 4) is 5.75 Å². The molecule has 0 unspecified atom stereocenters. The molecule has 1 aliphatic rings. The molecule has 0 saturated carbocycles. The van der Waals surface area contributed by atoms with E-state index in [1.54, 1.807) is 12.1 Å². The first-order chi connectivity index (χ1) is 12.7. The first-order valence-electron chi connectivity index (χ1n) is 8.92. The van der Waals surface area contributed by atoms with E-state index in [4.69, 9.17) is 9.47 Å². The molecule has 136 valence electrons. The van der Waals surface area contributed by atoms with Gasteiger partial charge in [-0.3, -0.25) is 4.79 Å². The Morgan fingerprint density at radius 2 is 2.00 bits per heavy atom. The van der Waals surface area contributed by atoms with Crippen LogP contribution in [0, 0.1) is 0 Å². The number of carbonyl (C=O) groups excluding carboxylic acids is 2. The van der Waals surface area contributed by atoms with Crippen molar-refractivity contribution in [2.45, 2.75) is 32.9 Å². The number of rotatable bonds is 7. The van der Waals surface area contributed by atoms with Gasteiger partial charge in [0.15, 0.2) is 0 Å². The lowest BCUT2D eigenvalue weighted by Crippen LogP contribution is -2.23. The molecular formula is C21H23NO4. The van der Waals surface area contributed by atoms with E-state index >= 15 is 0 Å². The average molecular weight is 353 g/mol. The quantitative estimate of drug-likeness (QED) is 0.714. The zero-order valence-corrected chi connectivity index (χ0v) is 14.9. The van der Waals surface area contributed by atoms with Crippen molar-refractivity contribution in [2.24, 2.45) is 0 Å². The Bertz CT molecular complexity index is 787. The molecule has 2 aromatic rings. The Hall–Kier alpha value is -2.82. The van der Waals surface area contributed by atoms with Gasteiger partial charge in [-0.1, -0.05) is 30.3 Å². The summed E-state index contributed by atoms with van der Waals surface area (Å²) in [7, 11) is 0. The van der Waals surface area contributed by atoms with Gasteiger partial charge in [-0.2, -0.15) is 0 Å². The van der Waals surface area contributed by atoms with E-state index in [0.717, 1.165) is 29.8 Å². The second-order valence-electron chi connectivity index (χ2n) is 6.24. The van der Waals surface area contributed by atoms with Crippen LogP contribution in [0.4, 0.5) is 0 Å². The molecule has 26 heavy (non-hydrogen) atoms. The van der Waals surface area contributed by atoms with Gasteiger partial charge in [-0.05, 0) is 37.1 Å². The molecule has 1 aliphatic heterocycles. The van der Waals surface area contributed by atoms with Crippen molar-refractivity contribution in [2.75, 3.05) is 13.2 Å². The second kappa shape index (κ2) is 8.52. The third-order valence-electron chi connectivity index (χ3n) is 4.34. The number of ether oxygens (including phenoxy) is 2. The predicted molar refractivity (Wildman–Crippen MR) is 97.8 cm³/mol. The highest BCUT2D eigenvalue weighted by molar-refractivity contribution is 5.89. The minimum Gasteiger partial charge on any atom is -0.493 e. The van der Waals surface area contributed by atoms with E-state index in [1.165, 1.54) is 0 Å². The van der Waals surface area contributed by atoms with Gasteiger partial charge in [0.1, 0.15) is 12.4 Å². The summed E-state index contributed by atoms with van der Waals surface area (Å²) in [6.45, 7) is 3.94. The molecule has 1 heterocycles. The number of carbonyl (C=O) groups is 2. The number of hydrogen-bond donors (Lipinski definition) is 0. The van der Waals surface area contributed by atoms with Gasteiger partial charge < -0.3 is 14.4 Å². The monoisotopic (exact) mass is 353 g/mol. The summed E-state index contributed by atoms with van der Waals surface area (Å²) in [5.74, 6) is 0.514. The summed E-state index contributed by atoms with van der Waals surface area (Å²) in [6, 6.07) is 14.8. The van der Waals surface area contributed by atoms with Crippen LogP contribution in [0.1, 0.15) is 41.3 Å². The summed E-state index contributed by atoms with van der Waals surface area (Å²) in [4.78, 5) is 26.0. The fraction of sp³-hybridized carbons (Fsp3) is 0.333. The van der Waals surface area contributed by atoms with E-state index in [2.05, 4.69) is 0 Å². The molecule has 0 aromatic heterocycles. The van der Waals surface area contributed by atoms with Crippen LogP contribution in [0.15, 0.2) is 48.5 Å². The maximum atomic E-state index is 12.4. The molecule has 1 fully saturated rings. The summed E-state index contributed by atoms with van der Waals surface area (Å²) in [5, 5.41) is 0. The van der Waals surface area contributed by atoms with Crippen molar-refractivity contribution >= 4 is 11.9 Å². The zero-order chi connectivity index (χ0) is 18.4. The molecule has 0 radical (unpaired) electrons. The SMILES string of the molecule is CCOc1ccccc1COC(=O)c1cccc(CN2CCCC2=O)c1. The predicted octanol–water partition coefficient (Wildman–Crippen LogP) is 3.56.